The molecule has 2 aromatic rings. The van der Waals surface area contributed by atoms with Crippen LogP contribution in [0.25, 0.3) is 0 Å². The van der Waals surface area contributed by atoms with Gasteiger partial charge in [0.05, 0.1) is 20.3 Å². The summed E-state index contributed by atoms with van der Waals surface area (Å²) in [6.45, 7) is 0. The maximum absolute atomic E-state index is 13.1. The molecule has 0 radical (unpaired) electrons. The minimum atomic E-state index is -1.33. The molecule has 0 aliphatic heterocycles. The highest BCUT2D eigenvalue weighted by Gasteiger charge is 2.18. The molecular formula is C18H17FNO5-. The van der Waals surface area contributed by atoms with Crippen molar-refractivity contribution in [2.45, 2.75) is 12.5 Å². The molecule has 1 atom stereocenters. The smallest absolute Gasteiger partial charge is 0.251 e. The Morgan fingerprint density at radius 2 is 1.72 bits per heavy atom. The quantitative estimate of drug-likeness (QED) is 0.820. The Bertz CT molecular complexity index is 761. The molecule has 0 spiro atoms. The number of hydrogen-bond donors (Lipinski definition) is 1. The maximum Gasteiger partial charge on any atom is 0.251 e. The van der Waals surface area contributed by atoms with Crippen LogP contribution in [-0.4, -0.2) is 26.1 Å². The van der Waals surface area contributed by atoms with Crippen molar-refractivity contribution in [3.8, 4) is 11.5 Å². The summed E-state index contributed by atoms with van der Waals surface area (Å²) in [5, 5.41) is 13.6. The first-order valence-corrected chi connectivity index (χ1v) is 7.42. The molecule has 6 nitrogen and oxygen atoms in total. The summed E-state index contributed by atoms with van der Waals surface area (Å²) in [6, 6.07) is 8.94. The average molecular weight is 346 g/mol. The molecule has 132 valence electrons. The first-order chi connectivity index (χ1) is 11.9. The van der Waals surface area contributed by atoms with Gasteiger partial charge in [0.15, 0.2) is 11.5 Å². The summed E-state index contributed by atoms with van der Waals surface area (Å²) in [5.74, 6) is -1.46. The second-order valence-corrected chi connectivity index (χ2v) is 5.22. The molecule has 0 unspecified atom stereocenters. The Labute approximate surface area is 144 Å². The zero-order valence-corrected chi connectivity index (χ0v) is 13.7. The molecule has 0 bridgehead atoms. The van der Waals surface area contributed by atoms with Crippen LogP contribution in [0.2, 0.25) is 0 Å². The fourth-order valence-electron chi connectivity index (χ4n) is 2.33. The molecule has 0 aromatic heterocycles. The Balaban J connectivity index is 2.24. The van der Waals surface area contributed by atoms with E-state index in [9.17, 15) is 19.1 Å². The maximum atomic E-state index is 13.1. The van der Waals surface area contributed by atoms with Crippen LogP contribution in [-0.2, 0) is 4.79 Å². The molecule has 0 saturated carbocycles. The fraction of sp³-hybridized carbons (Fsp3) is 0.222. The molecule has 7 heteroatoms. The van der Waals surface area contributed by atoms with Crippen molar-refractivity contribution in [2.24, 2.45) is 0 Å². The van der Waals surface area contributed by atoms with Gasteiger partial charge in [0.1, 0.15) is 5.82 Å². The van der Waals surface area contributed by atoms with Crippen molar-refractivity contribution in [1.82, 2.24) is 5.32 Å². The predicted molar refractivity (Wildman–Crippen MR) is 85.8 cm³/mol. The van der Waals surface area contributed by atoms with E-state index < -0.39 is 30.2 Å². The van der Waals surface area contributed by atoms with Gasteiger partial charge in [-0.2, -0.15) is 0 Å². The summed E-state index contributed by atoms with van der Waals surface area (Å²) in [6.07, 6.45) is -0.440. The molecule has 0 fully saturated rings. The summed E-state index contributed by atoms with van der Waals surface area (Å²) in [7, 11) is 2.92. The molecule has 0 saturated heterocycles. The third kappa shape index (κ3) is 4.69. The number of carboxylic acids is 1. The number of carbonyl (C=O) groups is 2. The van der Waals surface area contributed by atoms with Crippen molar-refractivity contribution in [3.63, 3.8) is 0 Å². The molecule has 25 heavy (non-hydrogen) atoms. The second kappa shape index (κ2) is 8.14. The van der Waals surface area contributed by atoms with Crippen LogP contribution in [0.4, 0.5) is 4.39 Å². The largest absolute Gasteiger partial charge is 0.550 e. The topological polar surface area (TPSA) is 87.7 Å². The number of benzene rings is 2. The number of halogens is 1. The average Bonchev–Trinajstić information content (AvgIpc) is 2.60. The summed E-state index contributed by atoms with van der Waals surface area (Å²) < 4.78 is 23.3. The van der Waals surface area contributed by atoms with E-state index in [2.05, 4.69) is 5.32 Å². The van der Waals surface area contributed by atoms with Crippen molar-refractivity contribution in [2.75, 3.05) is 14.2 Å². The van der Waals surface area contributed by atoms with Crippen LogP contribution in [0.5, 0.6) is 11.5 Å². The van der Waals surface area contributed by atoms with Crippen molar-refractivity contribution < 1.29 is 28.6 Å². The van der Waals surface area contributed by atoms with Gasteiger partial charge < -0.3 is 24.7 Å². The number of aliphatic carboxylic acids is 1. The van der Waals surface area contributed by atoms with Crippen LogP contribution in [0, 0.1) is 5.82 Å². The number of nitrogens with one attached hydrogen (secondary N) is 1. The fourth-order valence-corrected chi connectivity index (χ4v) is 2.33. The summed E-state index contributed by atoms with van der Waals surface area (Å²) >= 11 is 0. The monoisotopic (exact) mass is 346 g/mol. The van der Waals surface area contributed by atoms with E-state index in [4.69, 9.17) is 9.47 Å². The van der Waals surface area contributed by atoms with Gasteiger partial charge in [-0.3, -0.25) is 4.79 Å². The minimum absolute atomic E-state index is 0.267. The highest BCUT2D eigenvalue weighted by atomic mass is 19.1. The van der Waals surface area contributed by atoms with E-state index in [0.29, 0.717) is 17.1 Å². The third-order valence-electron chi connectivity index (χ3n) is 3.59. The third-order valence-corrected chi connectivity index (χ3v) is 3.59. The molecule has 0 aliphatic rings. The van der Waals surface area contributed by atoms with E-state index in [1.807, 2.05) is 0 Å². The second-order valence-electron chi connectivity index (χ2n) is 5.22. The first kappa shape index (κ1) is 18.3. The lowest BCUT2D eigenvalue weighted by atomic mass is 10.0. The van der Waals surface area contributed by atoms with Gasteiger partial charge in [-0.15, -0.1) is 0 Å². The molecular weight excluding hydrogens is 329 g/mol. The van der Waals surface area contributed by atoms with Crippen LogP contribution >= 0.6 is 0 Å². The summed E-state index contributed by atoms with van der Waals surface area (Å²) in [4.78, 5) is 23.4. The van der Waals surface area contributed by atoms with Crippen molar-refractivity contribution in [1.29, 1.82) is 0 Å². The Kier molecular flexibility index (Phi) is 5.94. The van der Waals surface area contributed by atoms with Crippen LogP contribution < -0.4 is 19.9 Å². The highest BCUT2D eigenvalue weighted by Crippen LogP contribution is 2.28. The van der Waals surface area contributed by atoms with Crippen molar-refractivity contribution >= 4 is 11.9 Å². The number of methoxy groups -OCH3 is 2. The SMILES string of the molecule is COc1ccc(C(=O)N[C@@H](CC(=O)[O-])c2ccc(F)cc2)cc1OC. The Morgan fingerprint density at radius 1 is 1.08 bits per heavy atom. The van der Waals surface area contributed by atoms with E-state index in [-0.39, 0.29) is 5.56 Å². The number of rotatable bonds is 7. The van der Waals surface area contributed by atoms with Crippen LogP contribution in [0.1, 0.15) is 28.4 Å². The van der Waals surface area contributed by atoms with Gasteiger partial charge >= 0.3 is 0 Å². The van der Waals surface area contributed by atoms with E-state index in [1.54, 1.807) is 6.07 Å². The molecule has 2 rings (SSSR count). The van der Waals surface area contributed by atoms with Gasteiger partial charge in [0, 0.05) is 18.0 Å². The van der Waals surface area contributed by atoms with Gasteiger partial charge in [0.25, 0.3) is 5.91 Å². The molecule has 0 aliphatic carbocycles. The van der Waals surface area contributed by atoms with Crippen molar-refractivity contribution in [3.05, 3.63) is 59.4 Å². The Hall–Kier alpha value is -3.09. The predicted octanol–water partition coefficient (Wildman–Crippen LogP) is 1.45. The first-order valence-electron chi connectivity index (χ1n) is 7.42. The zero-order valence-electron chi connectivity index (χ0n) is 13.7. The lowest BCUT2D eigenvalue weighted by molar-refractivity contribution is -0.306. The van der Waals surface area contributed by atoms with Crippen LogP contribution in [0.3, 0.4) is 0 Å². The van der Waals surface area contributed by atoms with Gasteiger partial charge in [-0.1, -0.05) is 12.1 Å². The summed E-state index contributed by atoms with van der Waals surface area (Å²) in [5.41, 5.74) is 0.725. The number of amides is 1. The lowest BCUT2D eigenvalue weighted by Gasteiger charge is -2.20. The normalized spacial score (nSPS) is 11.5. The standard InChI is InChI=1S/C18H18FNO5/c1-24-15-8-5-12(9-16(15)25-2)18(23)20-14(10-17(21)22)11-3-6-13(19)7-4-11/h3-9,14H,10H2,1-2H3,(H,20,23)(H,21,22)/p-1/t14-/m0/s1. The molecule has 2 aromatic carbocycles. The minimum Gasteiger partial charge on any atom is -0.550 e. The van der Waals surface area contributed by atoms with Crippen LogP contribution in [0.15, 0.2) is 42.5 Å². The van der Waals surface area contributed by atoms with E-state index in [1.165, 1.54) is 50.6 Å². The van der Waals surface area contributed by atoms with E-state index >= 15 is 0 Å². The van der Waals surface area contributed by atoms with Gasteiger partial charge in [-0.25, -0.2) is 4.39 Å². The van der Waals surface area contributed by atoms with Gasteiger partial charge in [0.2, 0.25) is 0 Å². The highest BCUT2D eigenvalue weighted by molar-refractivity contribution is 5.95. The molecule has 1 amide bonds. The van der Waals surface area contributed by atoms with E-state index in [0.717, 1.165) is 0 Å². The Morgan fingerprint density at radius 3 is 2.28 bits per heavy atom. The number of ether oxygens (including phenoxy) is 2. The zero-order chi connectivity index (χ0) is 18.4. The molecule has 1 N–H and O–H groups in total. The number of hydrogen-bond acceptors (Lipinski definition) is 5. The van der Waals surface area contributed by atoms with Gasteiger partial charge in [-0.05, 0) is 35.9 Å². The lowest BCUT2D eigenvalue weighted by Crippen LogP contribution is -2.34. The number of carbonyl (C=O) groups excluding carboxylic acids is 2. The number of carboxylic acid groups (broad SMARTS) is 1. The molecule has 0 heterocycles.